The third-order valence-corrected chi connectivity index (χ3v) is 24.2. The van der Waals surface area contributed by atoms with Gasteiger partial charge < -0.3 is 99.5 Å². The van der Waals surface area contributed by atoms with Crippen LogP contribution in [0.1, 0.15) is 66.8 Å². The third kappa shape index (κ3) is 29.2. The maximum absolute atomic E-state index is 13.4. The first kappa shape index (κ1) is 98.4. The number of rotatable bonds is 51. The molecule has 0 unspecified atom stereocenters. The largest absolute Gasteiger partial charge is 0.462 e. The normalized spacial score (nSPS) is 25.0. The summed E-state index contributed by atoms with van der Waals surface area (Å²) in [6.45, 7) is 4.50. The van der Waals surface area contributed by atoms with Gasteiger partial charge >= 0.3 is 5.97 Å². The van der Waals surface area contributed by atoms with Crippen LogP contribution in [0.5, 0.6) is 0 Å². The number of carbonyl (C=O) groups excluding carboxylic acids is 1. The molecule has 12 aromatic carbocycles. The summed E-state index contributed by atoms with van der Waals surface area (Å²) < 4.78 is 152. The van der Waals surface area contributed by atoms with Crippen LogP contribution in [-0.2, 0) is 184 Å². The van der Waals surface area contributed by atoms with Gasteiger partial charge in [-0.25, -0.2) is 0 Å². The predicted octanol–water partition coefficient (Wildman–Crippen LogP) is 18.9. The average Bonchev–Trinajstić information content (AvgIpc) is 0.788. The fourth-order valence-corrected chi connectivity index (χ4v) is 17.1. The molecule has 12 aromatic rings. The Kier molecular flexibility index (Phi) is 38.6. The number of benzene rings is 12. The van der Waals surface area contributed by atoms with Gasteiger partial charge in [-0.15, -0.1) is 18.2 Å². The van der Waals surface area contributed by atoms with Gasteiger partial charge in [-0.1, -0.05) is 370 Å². The Morgan fingerprint density at radius 2 is 0.368 bits per heavy atom. The van der Waals surface area contributed by atoms with E-state index < -0.39 is 135 Å². The van der Waals surface area contributed by atoms with Crippen molar-refractivity contribution in [3.63, 3.8) is 0 Å². The molecular weight excluding hydrogens is 1740 g/mol. The van der Waals surface area contributed by atoms with Crippen molar-refractivity contribution in [2.75, 3.05) is 38.9 Å². The predicted molar refractivity (Wildman–Crippen MR) is 511 cm³/mol. The van der Waals surface area contributed by atoms with Crippen LogP contribution >= 0.6 is 11.6 Å². The van der Waals surface area contributed by atoms with Gasteiger partial charge in [0.25, 0.3) is 0 Å². The minimum atomic E-state index is -1.36. The van der Waals surface area contributed by atoms with Gasteiger partial charge in [0, 0.05) is 0 Å². The van der Waals surface area contributed by atoms with Crippen LogP contribution in [0.2, 0.25) is 0 Å². The molecule has 0 amide bonds. The quantitative estimate of drug-likeness (QED) is 0.0197. The first-order chi connectivity index (χ1) is 67.3. The lowest BCUT2D eigenvalue weighted by Crippen LogP contribution is -2.65. The van der Waals surface area contributed by atoms with Crippen LogP contribution in [-0.4, -0.2) is 168 Å². The standard InChI is InChI=1S/C113H119ClO22/c1-2-63-116-110-106(126-73-89-55-31-11-32-56-89)102(122-69-85-47-23-7-24-48-85)99(119-66-82-41-17-4-18-42-82)94(133-110)78-130-112-108(128-75-91-59-35-13-36-60-91)104(124-71-87-51-27-9-28-52-87)101(121-68-84-45-21-6-22-46-84)96(135-112)80-132-113-109(129-76-92-61-37-14-38-62-92)105(125-72-88-53-29-10-30-54-88)100(120-67-83-43-19-5-20-44-83)95(136-113)79-131-111-107(127-74-90-57-33-12-34-58-90)103(123-70-86-49-25-8-26-50-86)98(93(134-111)77-117-97(115)64-114)118-65-81-39-15-3-16-40-81/h2-62,93-96,98-113H,1,63-80H2/t93-,94-,95-,96-,98-,99-,100-,101-,102+,103+,104+,105+,106+,107+,108+,109+,110+,111+,112+,113+/m1/s1. The Bertz CT molecular complexity index is 5280. The smallest absolute Gasteiger partial charge is 0.320 e. The monoisotopic (exact) mass is 1860 g/mol. The molecule has 4 heterocycles. The van der Waals surface area contributed by atoms with E-state index in [9.17, 15) is 4.79 Å². The Balaban J connectivity index is 0.798. The van der Waals surface area contributed by atoms with Crippen LogP contribution in [0.25, 0.3) is 0 Å². The molecule has 0 aromatic heterocycles. The molecule has 20 atom stereocenters. The van der Waals surface area contributed by atoms with Gasteiger partial charge in [0.05, 0.1) is 106 Å². The van der Waals surface area contributed by atoms with Crippen LogP contribution in [0.3, 0.4) is 0 Å². The van der Waals surface area contributed by atoms with E-state index in [-0.39, 0.29) is 112 Å². The summed E-state index contributed by atoms with van der Waals surface area (Å²) in [7, 11) is 0. The fraction of sp³-hybridized carbons (Fsp3) is 0.336. The number of halogens is 1. The molecular formula is C113H119ClO22. The van der Waals surface area contributed by atoms with E-state index in [1.165, 1.54) is 0 Å². The highest BCUT2D eigenvalue weighted by molar-refractivity contribution is 6.26. The van der Waals surface area contributed by atoms with E-state index in [1.54, 1.807) is 6.08 Å². The van der Waals surface area contributed by atoms with Crippen LogP contribution in [0, 0.1) is 0 Å². The second-order valence-corrected chi connectivity index (χ2v) is 34.0. The Morgan fingerprint density at radius 3 is 0.537 bits per heavy atom. The molecule has 0 bridgehead atoms. The van der Waals surface area contributed by atoms with Gasteiger partial charge in [-0.05, 0) is 66.8 Å². The Labute approximate surface area is 801 Å². The topological polar surface area (TPSA) is 211 Å². The van der Waals surface area contributed by atoms with Crippen LogP contribution in [0.4, 0.5) is 0 Å². The van der Waals surface area contributed by atoms with Gasteiger partial charge in [-0.3, -0.25) is 4.79 Å². The highest BCUT2D eigenvalue weighted by Crippen LogP contribution is 2.40. The summed E-state index contributed by atoms with van der Waals surface area (Å²) in [5.41, 5.74) is 10.6. The molecule has 0 N–H and O–H groups in total. The molecule has 710 valence electrons. The molecule has 0 saturated carbocycles. The molecule has 4 aliphatic heterocycles. The van der Waals surface area contributed by atoms with Gasteiger partial charge in [0.2, 0.25) is 0 Å². The molecule has 23 heteroatoms. The van der Waals surface area contributed by atoms with Crippen molar-refractivity contribution < 1.29 is 104 Å². The molecule has 4 fully saturated rings. The second-order valence-electron chi connectivity index (χ2n) is 33.7. The van der Waals surface area contributed by atoms with Crippen LogP contribution in [0.15, 0.2) is 377 Å². The molecule has 22 nitrogen and oxygen atoms in total. The second kappa shape index (κ2) is 53.3. The summed E-state index contributed by atoms with van der Waals surface area (Å²) in [4.78, 5) is 13.4. The Morgan fingerprint density at radius 1 is 0.213 bits per heavy atom. The first-order valence-corrected chi connectivity index (χ1v) is 47.1. The molecule has 4 saturated heterocycles. The highest BCUT2D eigenvalue weighted by Gasteiger charge is 2.56. The van der Waals surface area contributed by atoms with Crippen molar-refractivity contribution >= 4 is 17.6 Å². The summed E-state index contributed by atoms with van der Waals surface area (Å²) in [6, 6.07) is 119. The highest BCUT2D eigenvalue weighted by atomic mass is 35.5. The average molecular weight is 1860 g/mol. The van der Waals surface area contributed by atoms with E-state index in [1.807, 2.05) is 364 Å². The zero-order chi connectivity index (χ0) is 92.8. The number of hydrogen-bond acceptors (Lipinski definition) is 22. The van der Waals surface area contributed by atoms with Gasteiger partial charge in [0.15, 0.2) is 25.2 Å². The van der Waals surface area contributed by atoms with Crippen molar-refractivity contribution in [1.29, 1.82) is 0 Å². The van der Waals surface area contributed by atoms with Crippen molar-refractivity contribution in [2.24, 2.45) is 0 Å². The third-order valence-electron chi connectivity index (χ3n) is 24.0. The number of ether oxygens (including phenoxy) is 21. The molecule has 4 aliphatic rings. The number of alkyl halides is 1. The molecule has 0 spiro atoms. The summed E-state index contributed by atoms with van der Waals surface area (Å²) >= 11 is 6.21. The van der Waals surface area contributed by atoms with E-state index in [2.05, 4.69) is 6.58 Å². The molecule has 16 rings (SSSR count). The zero-order valence-electron chi connectivity index (χ0n) is 76.1. The summed E-state index contributed by atoms with van der Waals surface area (Å²) in [6.07, 6.45) is -19.4. The SMILES string of the molecule is C=CCO[C@H]1O[C@H](CO[C@H]2O[C@H](CO[C@H]3O[C@H](CO[C@H]4O[C@H](COC(=O)CCl)[C@@H](OCc5ccccc5)[C@H](OCc5ccccc5)[C@@H]4OCc4ccccc4)[C@@H](OCc4ccccc4)[C@H](OCc4ccccc4)[C@@H]3OCc3ccccc3)[C@@H](OCc3ccccc3)[C@H](OCc3ccccc3)[C@@H]2OCc2ccccc2)[C@@H](OCc2ccccc2)[C@H](OCc2ccccc2)[C@@H]1OCc1ccccc1. The van der Waals surface area contributed by atoms with Crippen molar-refractivity contribution in [3.05, 3.63) is 443 Å². The van der Waals surface area contributed by atoms with E-state index in [0.717, 1.165) is 66.8 Å². The van der Waals surface area contributed by atoms with Gasteiger partial charge in [0.1, 0.15) is 110 Å². The minimum absolute atomic E-state index is 0.0712. The number of carbonyl (C=O) groups is 1. The number of hydrogen-bond donors (Lipinski definition) is 0. The summed E-state index contributed by atoms with van der Waals surface area (Å²) in [5.74, 6) is -1.09. The van der Waals surface area contributed by atoms with Crippen LogP contribution < -0.4 is 0 Å². The molecule has 136 heavy (non-hydrogen) atoms. The lowest BCUT2D eigenvalue weighted by molar-refractivity contribution is -0.367. The summed E-state index contributed by atoms with van der Waals surface area (Å²) in [5, 5.41) is 0. The van der Waals surface area contributed by atoms with E-state index in [0.29, 0.717) is 0 Å². The lowest BCUT2D eigenvalue weighted by Gasteiger charge is -2.49. The fourth-order valence-electron chi connectivity index (χ4n) is 17.0. The van der Waals surface area contributed by atoms with Crippen molar-refractivity contribution in [3.8, 4) is 0 Å². The van der Waals surface area contributed by atoms with Crippen molar-refractivity contribution in [2.45, 2.75) is 202 Å². The zero-order valence-corrected chi connectivity index (χ0v) is 76.8. The lowest BCUT2D eigenvalue weighted by atomic mass is 9.96. The van der Waals surface area contributed by atoms with Gasteiger partial charge in [-0.2, -0.15) is 0 Å². The maximum Gasteiger partial charge on any atom is 0.320 e. The van der Waals surface area contributed by atoms with E-state index in [4.69, 9.17) is 111 Å². The number of esters is 1. The molecule has 0 aliphatic carbocycles. The minimum Gasteiger partial charge on any atom is -0.462 e. The van der Waals surface area contributed by atoms with E-state index >= 15 is 0 Å². The van der Waals surface area contributed by atoms with Crippen molar-refractivity contribution in [1.82, 2.24) is 0 Å². The first-order valence-electron chi connectivity index (χ1n) is 46.5. The Hall–Kier alpha value is -10.7. The molecule has 0 radical (unpaired) electrons. The maximum atomic E-state index is 13.4.